The van der Waals surface area contributed by atoms with Gasteiger partial charge in [-0.1, -0.05) is 0 Å². The molecule has 0 fully saturated rings. The first kappa shape index (κ1) is 8.61. The van der Waals surface area contributed by atoms with Crippen LogP contribution in [0.1, 0.15) is 16.3 Å². The number of ketones is 1. The highest BCUT2D eigenvalue weighted by Crippen LogP contribution is 1.99. The zero-order chi connectivity index (χ0) is 9.97. The standard InChI is InChI=1S/C8H9N5O/c1-13-11-5-6(12-13)4-7(14)8-9-2-3-10-8/h2-3,5H,4H2,1H3,(H,9,10). The first-order valence-electron chi connectivity index (χ1n) is 4.13. The van der Waals surface area contributed by atoms with Crippen LogP contribution in [0.3, 0.4) is 0 Å². The van der Waals surface area contributed by atoms with Gasteiger partial charge in [-0.05, 0) is 0 Å². The lowest BCUT2D eigenvalue weighted by molar-refractivity contribution is 0.0983. The topological polar surface area (TPSA) is 76.5 Å². The molecule has 0 aliphatic heterocycles. The minimum atomic E-state index is -0.0875. The van der Waals surface area contributed by atoms with Crippen LogP contribution in [0, 0.1) is 0 Å². The zero-order valence-electron chi connectivity index (χ0n) is 7.64. The minimum Gasteiger partial charge on any atom is -0.342 e. The van der Waals surface area contributed by atoms with E-state index >= 15 is 0 Å². The van der Waals surface area contributed by atoms with E-state index in [0.29, 0.717) is 11.5 Å². The van der Waals surface area contributed by atoms with Crippen LogP contribution >= 0.6 is 0 Å². The van der Waals surface area contributed by atoms with Gasteiger partial charge in [-0.2, -0.15) is 15.0 Å². The van der Waals surface area contributed by atoms with E-state index in [1.165, 1.54) is 4.80 Å². The summed E-state index contributed by atoms with van der Waals surface area (Å²) in [6, 6.07) is 0. The summed E-state index contributed by atoms with van der Waals surface area (Å²) in [4.78, 5) is 19.5. The maximum Gasteiger partial charge on any atom is 0.204 e. The average molecular weight is 191 g/mol. The molecule has 72 valence electrons. The maximum absolute atomic E-state index is 11.5. The van der Waals surface area contributed by atoms with Crippen molar-refractivity contribution in [3.05, 3.63) is 30.1 Å². The Morgan fingerprint density at radius 1 is 1.64 bits per heavy atom. The Bertz CT molecular complexity index is 430. The van der Waals surface area contributed by atoms with Gasteiger partial charge in [0, 0.05) is 19.4 Å². The predicted molar refractivity (Wildman–Crippen MR) is 47.6 cm³/mol. The van der Waals surface area contributed by atoms with E-state index in [2.05, 4.69) is 20.2 Å². The van der Waals surface area contributed by atoms with Crippen LogP contribution in [-0.2, 0) is 13.5 Å². The number of nitrogens with one attached hydrogen (secondary N) is 1. The van der Waals surface area contributed by atoms with Crippen LogP contribution in [0.15, 0.2) is 18.6 Å². The van der Waals surface area contributed by atoms with Crippen LogP contribution in [-0.4, -0.2) is 30.7 Å². The molecule has 6 nitrogen and oxygen atoms in total. The van der Waals surface area contributed by atoms with E-state index in [9.17, 15) is 4.79 Å². The molecule has 1 N–H and O–H groups in total. The molecule has 0 saturated heterocycles. The molecule has 0 radical (unpaired) electrons. The number of H-pyrrole nitrogens is 1. The molecule has 0 unspecified atom stereocenters. The van der Waals surface area contributed by atoms with Crippen molar-refractivity contribution in [2.75, 3.05) is 0 Å². The van der Waals surface area contributed by atoms with Crippen molar-refractivity contribution in [1.82, 2.24) is 25.0 Å². The normalized spacial score (nSPS) is 10.4. The van der Waals surface area contributed by atoms with E-state index in [4.69, 9.17) is 0 Å². The van der Waals surface area contributed by atoms with E-state index in [-0.39, 0.29) is 12.2 Å². The Hall–Kier alpha value is -1.98. The number of hydrogen-bond donors (Lipinski definition) is 1. The molecule has 0 bridgehead atoms. The summed E-state index contributed by atoms with van der Waals surface area (Å²) in [5.41, 5.74) is 0.647. The Kier molecular flexibility index (Phi) is 2.10. The van der Waals surface area contributed by atoms with Gasteiger partial charge in [-0.15, -0.1) is 0 Å². The Balaban J connectivity index is 2.09. The van der Waals surface area contributed by atoms with Gasteiger partial charge in [-0.3, -0.25) is 4.79 Å². The molecule has 14 heavy (non-hydrogen) atoms. The molecule has 2 aromatic heterocycles. The quantitative estimate of drug-likeness (QED) is 0.691. The molecule has 2 aromatic rings. The third-order valence-corrected chi connectivity index (χ3v) is 1.75. The van der Waals surface area contributed by atoms with Gasteiger partial charge < -0.3 is 4.98 Å². The molecule has 0 saturated carbocycles. The van der Waals surface area contributed by atoms with Crippen LogP contribution < -0.4 is 0 Å². The number of carbonyl (C=O) groups excluding carboxylic acids is 1. The van der Waals surface area contributed by atoms with Gasteiger partial charge in [0.15, 0.2) is 5.82 Å². The number of rotatable bonds is 3. The summed E-state index contributed by atoms with van der Waals surface area (Å²) in [6.45, 7) is 0. The fourth-order valence-corrected chi connectivity index (χ4v) is 1.13. The highest BCUT2D eigenvalue weighted by atomic mass is 16.1. The average Bonchev–Trinajstić information content (AvgIpc) is 2.75. The number of imidazole rings is 1. The van der Waals surface area contributed by atoms with E-state index in [1.54, 1.807) is 25.6 Å². The lowest BCUT2D eigenvalue weighted by Gasteiger charge is -1.91. The van der Waals surface area contributed by atoms with Crippen molar-refractivity contribution in [2.45, 2.75) is 6.42 Å². The van der Waals surface area contributed by atoms with Crippen LogP contribution in [0.2, 0.25) is 0 Å². The van der Waals surface area contributed by atoms with E-state index in [1.807, 2.05) is 0 Å². The summed E-state index contributed by atoms with van der Waals surface area (Å²) >= 11 is 0. The second-order valence-corrected chi connectivity index (χ2v) is 2.86. The SMILES string of the molecule is Cn1ncc(CC(=O)c2ncc[nH]2)n1. The molecule has 6 heteroatoms. The van der Waals surface area contributed by atoms with Crippen molar-refractivity contribution in [2.24, 2.45) is 7.05 Å². The number of carbonyl (C=O) groups is 1. The number of hydrogen-bond acceptors (Lipinski definition) is 4. The lowest BCUT2D eigenvalue weighted by Crippen LogP contribution is -2.06. The molecule has 2 heterocycles. The number of aromatic nitrogens is 5. The largest absolute Gasteiger partial charge is 0.342 e. The molecule has 2 rings (SSSR count). The van der Waals surface area contributed by atoms with Crippen molar-refractivity contribution >= 4 is 5.78 Å². The summed E-state index contributed by atoms with van der Waals surface area (Å²) in [6.07, 6.45) is 4.95. The lowest BCUT2D eigenvalue weighted by atomic mass is 10.2. The summed E-state index contributed by atoms with van der Waals surface area (Å²) in [7, 11) is 1.71. The summed E-state index contributed by atoms with van der Waals surface area (Å²) < 4.78 is 0. The molecule has 0 aliphatic rings. The van der Waals surface area contributed by atoms with E-state index in [0.717, 1.165) is 0 Å². The second kappa shape index (κ2) is 3.41. The maximum atomic E-state index is 11.5. The van der Waals surface area contributed by atoms with Gasteiger partial charge in [0.2, 0.25) is 5.78 Å². The number of aromatic amines is 1. The van der Waals surface area contributed by atoms with Crippen LogP contribution in [0.5, 0.6) is 0 Å². The molecular weight excluding hydrogens is 182 g/mol. The van der Waals surface area contributed by atoms with Crippen LogP contribution in [0.25, 0.3) is 0 Å². The van der Waals surface area contributed by atoms with Crippen molar-refractivity contribution in [3.63, 3.8) is 0 Å². The Morgan fingerprint density at radius 2 is 2.50 bits per heavy atom. The molecular formula is C8H9N5O. The van der Waals surface area contributed by atoms with Gasteiger partial charge >= 0.3 is 0 Å². The summed E-state index contributed by atoms with van der Waals surface area (Å²) in [5.74, 6) is 0.270. The highest BCUT2D eigenvalue weighted by molar-refractivity contribution is 5.93. The van der Waals surface area contributed by atoms with Crippen molar-refractivity contribution in [1.29, 1.82) is 0 Å². The second-order valence-electron chi connectivity index (χ2n) is 2.86. The molecule has 0 amide bonds. The molecule has 0 spiro atoms. The first-order valence-corrected chi connectivity index (χ1v) is 4.13. The van der Waals surface area contributed by atoms with E-state index < -0.39 is 0 Å². The smallest absolute Gasteiger partial charge is 0.204 e. The minimum absolute atomic E-state index is 0.0875. The van der Waals surface area contributed by atoms with Crippen molar-refractivity contribution < 1.29 is 4.79 Å². The van der Waals surface area contributed by atoms with Gasteiger partial charge in [0.1, 0.15) is 0 Å². The zero-order valence-corrected chi connectivity index (χ0v) is 7.64. The fraction of sp³-hybridized carbons (Fsp3) is 0.250. The van der Waals surface area contributed by atoms with Crippen LogP contribution in [0.4, 0.5) is 0 Å². The predicted octanol–water partition coefficient (Wildman–Crippen LogP) is -0.0364. The highest BCUT2D eigenvalue weighted by Gasteiger charge is 2.10. The van der Waals surface area contributed by atoms with Gasteiger partial charge in [0.05, 0.1) is 18.3 Å². The van der Waals surface area contributed by atoms with Crippen molar-refractivity contribution in [3.8, 4) is 0 Å². The molecule has 0 atom stereocenters. The van der Waals surface area contributed by atoms with Gasteiger partial charge in [-0.25, -0.2) is 4.98 Å². The molecule has 0 aliphatic carbocycles. The fourth-order valence-electron chi connectivity index (χ4n) is 1.13. The number of aryl methyl sites for hydroxylation is 1. The third kappa shape index (κ3) is 1.68. The number of nitrogens with zero attached hydrogens (tertiary/aromatic N) is 4. The molecule has 0 aromatic carbocycles. The monoisotopic (exact) mass is 191 g/mol. The third-order valence-electron chi connectivity index (χ3n) is 1.75. The number of Topliss-reactive ketones (excluding diaryl/α,β-unsaturated/α-hetero) is 1. The first-order chi connectivity index (χ1) is 6.75. The Labute approximate surface area is 80.0 Å². The Morgan fingerprint density at radius 3 is 3.07 bits per heavy atom. The summed E-state index contributed by atoms with van der Waals surface area (Å²) in [5, 5.41) is 7.88. The van der Waals surface area contributed by atoms with Gasteiger partial charge in [0.25, 0.3) is 0 Å².